The summed E-state index contributed by atoms with van der Waals surface area (Å²) < 4.78 is 5.80. The van der Waals surface area contributed by atoms with E-state index in [2.05, 4.69) is 13.8 Å². The number of amides is 1. The second-order valence-electron chi connectivity index (χ2n) is 7.05. The minimum Gasteiger partial charge on any atom is -0.489 e. The van der Waals surface area contributed by atoms with Crippen LogP contribution in [0, 0.1) is 0 Å². The van der Waals surface area contributed by atoms with Crippen LogP contribution in [0.5, 0.6) is 5.75 Å². The molecule has 1 saturated heterocycles. The van der Waals surface area contributed by atoms with Crippen molar-refractivity contribution >= 4 is 12.0 Å². The van der Waals surface area contributed by atoms with Crippen LogP contribution in [0.25, 0.3) is 6.08 Å². The van der Waals surface area contributed by atoms with Gasteiger partial charge in [0, 0.05) is 18.2 Å². The lowest BCUT2D eigenvalue weighted by Crippen LogP contribution is -2.46. The Morgan fingerprint density at radius 1 is 1.04 bits per heavy atom. The van der Waals surface area contributed by atoms with Gasteiger partial charge in [-0.15, -0.1) is 0 Å². The van der Waals surface area contributed by atoms with Gasteiger partial charge in [-0.1, -0.05) is 42.5 Å². The summed E-state index contributed by atoms with van der Waals surface area (Å²) in [4.78, 5) is 14.5. The van der Waals surface area contributed by atoms with E-state index in [1.807, 2.05) is 65.6 Å². The maximum atomic E-state index is 12.5. The van der Waals surface area contributed by atoms with E-state index in [-0.39, 0.29) is 5.91 Å². The summed E-state index contributed by atoms with van der Waals surface area (Å²) in [5.41, 5.74) is 2.15. The zero-order valence-electron chi connectivity index (χ0n) is 15.6. The molecule has 2 aromatic carbocycles. The molecule has 2 atom stereocenters. The molecule has 3 nitrogen and oxygen atoms in total. The summed E-state index contributed by atoms with van der Waals surface area (Å²) in [5, 5.41) is 0. The smallest absolute Gasteiger partial charge is 0.247 e. The van der Waals surface area contributed by atoms with Crippen LogP contribution in [-0.2, 0) is 11.4 Å². The average Bonchev–Trinajstić information content (AvgIpc) is 2.66. The molecule has 1 aliphatic heterocycles. The number of ether oxygens (including phenoxy) is 1. The molecule has 26 heavy (non-hydrogen) atoms. The Bertz CT molecular complexity index is 727. The summed E-state index contributed by atoms with van der Waals surface area (Å²) in [6.45, 7) is 4.83. The molecule has 0 spiro atoms. The van der Waals surface area contributed by atoms with Crippen LogP contribution in [0.15, 0.2) is 60.7 Å². The van der Waals surface area contributed by atoms with Gasteiger partial charge in [-0.2, -0.15) is 0 Å². The molecule has 0 aromatic heterocycles. The third-order valence-electron chi connectivity index (χ3n) is 4.99. The lowest BCUT2D eigenvalue weighted by Gasteiger charge is -2.38. The Morgan fingerprint density at radius 3 is 2.35 bits per heavy atom. The van der Waals surface area contributed by atoms with Crippen LogP contribution in [0.1, 0.15) is 44.2 Å². The Kier molecular flexibility index (Phi) is 6.11. The van der Waals surface area contributed by atoms with Crippen LogP contribution >= 0.6 is 0 Å². The van der Waals surface area contributed by atoms with Crippen molar-refractivity contribution in [3.8, 4) is 5.75 Å². The molecular weight excluding hydrogens is 322 g/mol. The van der Waals surface area contributed by atoms with E-state index in [0.717, 1.165) is 29.7 Å². The van der Waals surface area contributed by atoms with E-state index < -0.39 is 0 Å². The number of carbonyl (C=O) groups excluding carboxylic acids is 1. The summed E-state index contributed by atoms with van der Waals surface area (Å²) in [7, 11) is 0. The molecule has 0 N–H and O–H groups in total. The lowest BCUT2D eigenvalue weighted by molar-refractivity contribution is -0.131. The highest BCUT2D eigenvalue weighted by Crippen LogP contribution is 2.23. The third-order valence-corrected chi connectivity index (χ3v) is 4.99. The second kappa shape index (κ2) is 8.70. The number of benzene rings is 2. The molecule has 1 heterocycles. The zero-order chi connectivity index (χ0) is 18.4. The first-order valence-corrected chi connectivity index (χ1v) is 9.40. The topological polar surface area (TPSA) is 29.5 Å². The van der Waals surface area contributed by atoms with Gasteiger partial charge in [0.25, 0.3) is 0 Å². The molecule has 0 bridgehead atoms. The second-order valence-corrected chi connectivity index (χ2v) is 7.05. The van der Waals surface area contributed by atoms with Crippen molar-refractivity contribution in [1.29, 1.82) is 0 Å². The molecule has 136 valence electrons. The van der Waals surface area contributed by atoms with E-state index in [4.69, 9.17) is 4.74 Å². The van der Waals surface area contributed by atoms with Crippen molar-refractivity contribution in [2.24, 2.45) is 0 Å². The highest BCUT2D eigenvalue weighted by molar-refractivity contribution is 5.92. The summed E-state index contributed by atoms with van der Waals surface area (Å²) in [5.74, 6) is 0.935. The van der Waals surface area contributed by atoms with Gasteiger partial charge in [-0.3, -0.25) is 4.79 Å². The first-order chi connectivity index (χ1) is 12.6. The minimum atomic E-state index is 0.106. The third kappa shape index (κ3) is 4.75. The number of likely N-dealkylation sites (tertiary alicyclic amines) is 1. The fraction of sp³-hybridized carbons (Fsp3) is 0.348. The van der Waals surface area contributed by atoms with Crippen molar-refractivity contribution in [3.63, 3.8) is 0 Å². The maximum absolute atomic E-state index is 12.5. The van der Waals surface area contributed by atoms with Crippen LogP contribution in [-0.4, -0.2) is 22.9 Å². The highest BCUT2D eigenvalue weighted by atomic mass is 16.5. The van der Waals surface area contributed by atoms with Crippen LogP contribution in [0.3, 0.4) is 0 Å². The van der Waals surface area contributed by atoms with E-state index in [0.29, 0.717) is 18.7 Å². The van der Waals surface area contributed by atoms with Crippen molar-refractivity contribution in [3.05, 3.63) is 71.8 Å². The van der Waals surface area contributed by atoms with Crippen molar-refractivity contribution < 1.29 is 9.53 Å². The molecule has 3 heteroatoms. The molecule has 1 aliphatic rings. The van der Waals surface area contributed by atoms with Crippen molar-refractivity contribution in [2.75, 3.05) is 0 Å². The lowest BCUT2D eigenvalue weighted by atomic mass is 9.97. The number of piperidine rings is 1. The quantitative estimate of drug-likeness (QED) is 0.706. The molecule has 0 saturated carbocycles. The van der Waals surface area contributed by atoms with Gasteiger partial charge < -0.3 is 9.64 Å². The molecule has 1 amide bonds. The zero-order valence-corrected chi connectivity index (χ0v) is 15.6. The Balaban J connectivity index is 1.56. The summed E-state index contributed by atoms with van der Waals surface area (Å²) in [6, 6.07) is 18.6. The van der Waals surface area contributed by atoms with Gasteiger partial charge in [0.1, 0.15) is 12.4 Å². The summed E-state index contributed by atoms with van der Waals surface area (Å²) >= 11 is 0. The highest BCUT2D eigenvalue weighted by Gasteiger charge is 2.27. The Hall–Kier alpha value is -2.55. The number of hydrogen-bond acceptors (Lipinski definition) is 2. The normalized spacial score (nSPS) is 20.3. The van der Waals surface area contributed by atoms with Gasteiger partial charge in [-0.05, 0) is 62.4 Å². The number of rotatable bonds is 5. The first-order valence-electron chi connectivity index (χ1n) is 9.40. The van der Waals surface area contributed by atoms with Crippen LogP contribution in [0.2, 0.25) is 0 Å². The maximum Gasteiger partial charge on any atom is 0.247 e. The van der Waals surface area contributed by atoms with Gasteiger partial charge in [0.05, 0.1) is 0 Å². The van der Waals surface area contributed by atoms with E-state index in [1.165, 1.54) is 6.42 Å². The van der Waals surface area contributed by atoms with E-state index in [1.54, 1.807) is 6.08 Å². The van der Waals surface area contributed by atoms with E-state index in [9.17, 15) is 4.79 Å². The van der Waals surface area contributed by atoms with Crippen LogP contribution in [0.4, 0.5) is 0 Å². The van der Waals surface area contributed by atoms with Crippen molar-refractivity contribution in [1.82, 2.24) is 4.90 Å². The Morgan fingerprint density at radius 2 is 1.69 bits per heavy atom. The first kappa shape index (κ1) is 18.2. The molecule has 1 fully saturated rings. The van der Waals surface area contributed by atoms with Gasteiger partial charge >= 0.3 is 0 Å². The number of hydrogen-bond donors (Lipinski definition) is 0. The predicted octanol–water partition coefficient (Wildman–Crippen LogP) is 5.07. The molecule has 2 aromatic rings. The largest absolute Gasteiger partial charge is 0.489 e. The minimum absolute atomic E-state index is 0.106. The number of carbonyl (C=O) groups is 1. The van der Waals surface area contributed by atoms with Gasteiger partial charge in [-0.25, -0.2) is 0 Å². The fourth-order valence-electron chi connectivity index (χ4n) is 3.53. The fourth-order valence-corrected chi connectivity index (χ4v) is 3.53. The van der Waals surface area contributed by atoms with Gasteiger partial charge in [0.15, 0.2) is 0 Å². The molecule has 0 aliphatic carbocycles. The standard InChI is InChI=1S/C23H27NO2/c1-18-7-6-8-19(2)24(18)23(25)16-13-20-11-14-22(15-12-20)26-17-21-9-4-3-5-10-21/h3-5,9-16,18-19H,6-8,17H2,1-2H3/b16-13+. The van der Waals surface area contributed by atoms with Crippen molar-refractivity contribution in [2.45, 2.75) is 51.8 Å². The Labute approximate surface area is 156 Å². The molecule has 2 unspecified atom stereocenters. The summed E-state index contributed by atoms with van der Waals surface area (Å²) in [6.07, 6.45) is 6.98. The monoisotopic (exact) mass is 349 g/mol. The van der Waals surface area contributed by atoms with Crippen LogP contribution < -0.4 is 4.74 Å². The SMILES string of the molecule is CC1CCCC(C)N1C(=O)/C=C/c1ccc(OCc2ccccc2)cc1. The average molecular weight is 349 g/mol. The molecule has 0 radical (unpaired) electrons. The number of nitrogens with zero attached hydrogens (tertiary/aromatic N) is 1. The van der Waals surface area contributed by atoms with E-state index >= 15 is 0 Å². The molecule has 3 rings (SSSR count). The van der Waals surface area contributed by atoms with Gasteiger partial charge in [0.2, 0.25) is 5.91 Å². The molecular formula is C23H27NO2. The predicted molar refractivity (Wildman–Crippen MR) is 106 cm³/mol.